The largest absolute Gasteiger partial charge is 0.508 e. The number of anilines is 1. The number of hydrogen-bond donors (Lipinski definition) is 2. The molecule has 0 saturated carbocycles. The second kappa shape index (κ2) is 5.64. The van der Waals surface area contributed by atoms with Gasteiger partial charge in [0, 0.05) is 11.1 Å². The van der Waals surface area contributed by atoms with Crippen LogP contribution in [0.1, 0.15) is 24.1 Å². The summed E-state index contributed by atoms with van der Waals surface area (Å²) in [7, 11) is 0. The van der Waals surface area contributed by atoms with Gasteiger partial charge < -0.3 is 10.4 Å². The lowest BCUT2D eigenvalue weighted by Crippen LogP contribution is -2.07. The lowest BCUT2D eigenvalue weighted by Gasteiger charge is -2.17. The Hall–Kier alpha value is -2.18. The molecule has 2 N–H and O–H groups in total. The summed E-state index contributed by atoms with van der Waals surface area (Å²) in [6.45, 7) is 1.96. The lowest BCUT2D eigenvalue weighted by molar-refractivity contribution is 0.474. The predicted octanol–water partition coefficient (Wildman–Crippen LogP) is 4.09. The predicted molar refractivity (Wildman–Crippen MR) is 76.3 cm³/mol. The zero-order valence-corrected chi connectivity index (χ0v) is 11.1. The molecular formula is C15H13ClN2O. The Morgan fingerprint density at radius 2 is 2.05 bits per heavy atom. The van der Waals surface area contributed by atoms with Crippen molar-refractivity contribution >= 4 is 17.3 Å². The summed E-state index contributed by atoms with van der Waals surface area (Å²) in [5.41, 5.74) is 2.16. The Morgan fingerprint density at radius 1 is 1.26 bits per heavy atom. The molecular weight excluding hydrogens is 260 g/mol. The molecule has 0 aliphatic carbocycles. The lowest BCUT2D eigenvalue weighted by atomic mass is 10.1. The van der Waals surface area contributed by atoms with Crippen LogP contribution in [0.4, 0.5) is 5.69 Å². The number of benzene rings is 2. The zero-order chi connectivity index (χ0) is 13.8. The van der Waals surface area contributed by atoms with Crippen molar-refractivity contribution < 1.29 is 5.11 Å². The number of phenolic OH excluding ortho intramolecular Hbond substituents is 1. The molecule has 1 atom stereocenters. The Morgan fingerprint density at radius 3 is 2.74 bits per heavy atom. The normalized spacial score (nSPS) is 11.6. The molecule has 0 radical (unpaired) electrons. The molecule has 0 aromatic heterocycles. The third-order valence-corrected chi connectivity index (χ3v) is 3.08. The average molecular weight is 273 g/mol. The highest BCUT2D eigenvalue weighted by Crippen LogP contribution is 2.26. The molecule has 2 aromatic rings. The second-order valence-corrected chi connectivity index (χ2v) is 4.70. The highest BCUT2D eigenvalue weighted by Gasteiger charge is 2.09. The summed E-state index contributed by atoms with van der Waals surface area (Å²) in [5.74, 6) is 0.220. The molecule has 0 saturated heterocycles. The molecule has 0 spiro atoms. The SMILES string of the molecule is CC(Nc1cc(Cl)ccc1C#N)c1cccc(O)c1. The van der Waals surface area contributed by atoms with Crippen LogP contribution in [-0.2, 0) is 0 Å². The van der Waals surface area contributed by atoms with Crippen LogP contribution in [0.25, 0.3) is 0 Å². The summed E-state index contributed by atoms with van der Waals surface area (Å²) in [4.78, 5) is 0. The quantitative estimate of drug-likeness (QED) is 0.885. The van der Waals surface area contributed by atoms with Crippen LogP contribution in [0.3, 0.4) is 0 Å². The number of hydrogen-bond acceptors (Lipinski definition) is 3. The van der Waals surface area contributed by atoms with E-state index in [2.05, 4.69) is 11.4 Å². The molecule has 0 bridgehead atoms. The van der Waals surface area contributed by atoms with Gasteiger partial charge in [-0.3, -0.25) is 0 Å². The van der Waals surface area contributed by atoms with Gasteiger partial charge >= 0.3 is 0 Å². The highest BCUT2D eigenvalue weighted by molar-refractivity contribution is 6.30. The fraction of sp³-hybridized carbons (Fsp3) is 0.133. The van der Waals surface area contributed by atoms with E-state index in [-0.39, 0.29) is 11.8 Å². The van der Waals surface area contributed by atoms with Gasteiger partial charge in [-0.15, -0.1) is 0 Å². The molecule has 0 aliphatic heterocycles. The van der Waals surface area contributed by atoms with Crippen LogP contribution >= 0.6 is 11.6 Å². The first kappa shape index (κ1) is 13.3. The van der Waals surface area contributed by atoms with Gasteiger partial charge in [0.05, 0.1) is 11.3 Å². The third-order valence-electron chi connectivity index (χ3n) is 2.84. The summed E-state index contributed by atoms with van der Waals surface area (Å²) in [5, 5.41) is 22.3. The van der Waals surface area contributed by atoms with Gasteiger partial charge in [-0.1, -0.05) is 23.7 Å². The van der Waals surface area contributed by atoms with E-state index in [1.165, 1.54) is 0 Å². The molecule has 2 aromatic carbocycles. The molecule has 19 heavy (non-hydrogen) atoms. The molecule has 0 aliphatic rings. The standard InChI is InChI=1S/C15H13ClN2O/c1-10(11-3-2-4-14(19)7-11)18-15-8-13(16)6-5-12(15)9-17/h2-8,10,18-19H,1H3. The Bertz CT molecular complexity index is 634. The van der Waals surface area contributed by atoms with Gasteiger partial charge in [0.2, 0.25) is 0 Å². The fourth-order valence-corrected chi connectivity index (χ4v) is 2.02. The first-order valence-corrected chi connectivity index (χ1v) is 6.23. The van der Waals surface area contributed by atoms with Gasteiger partial charge in [-0.05, 0) is 42.8 Å². The van der Waals surface area contributed by atoms with E-state index in [4.69, 9.17) is 16.9 Å². The van der Waals surface area contributed by atoms with Gasteiger partial charge in [-0.2, -0.15) is 5.26 Å². The van der Waals surface area contributed by atoms with E-state index in [9.17, 15) is 5.11 Å². The smallest absolute Gasteiger partial charge is 0.115 e. The summed E-state index contributed by atoms with van der Waals surface area (Å²) in [6.07, 6.45) is 0. The minimum absolute atomic E-state index is 0.0438. The number of halogens is 1. The number of nitrogens with one attached hydrogen (secondary N) is 1. The summed E-state index contributed by atoms with van der Waals surface area (Å²) in [6, 6.07) is 14.2. The van der Waals surface area contributed by atoms with Crippen molar-refractivity contribution in [3.05, 3.63) is 58.6 Å². The van der Waals surface area contributed by atoms with Gasteiger partial charge in [0.15, 0.2) is 0 Å². The first-order chi connectivity index (χ1) is 9.10. The number of nitriles is 1. The van der Waals surface area contributed by atoms with E-state index in [1.807, 2.05) is 13.0 Å². The van der Waals surface area contributed by atoms with Gasteiger partial charge in [0.1, 0.15) is 11.8 Å². The van der Waals surface area contributed by atoms with Crippen molar-refractivity contribution in [1.82, 2.24) is 0 Å². The van der Waals surface area contributed by atoms with Crippen LogP contribution in [-0.4, -0.2) is 5.11 Å². The molecule has 1 unspecified atom stereocenters. The van der Waals surface area contributed by atoms with Crippen molar-refractivity contribution in [2.75, 3.05) is 5.32 Å². The van der Waals surface area contributed by atoms with E-state index in [0.717, 1.165) is 5.56 Å². The van der Waals surface area contributed by atoms with E-state index < -0.39 is 0 Å². The van der Waals surface area contributed by atoms with Crippen molar-refractivity contribution in [3.63, 3.8) is 0 Å². The number of phenols is 1. The number of rotatable bonds is 3. The van der Waals surface area contributed by atoms with Crippen molar-refractivity contribution in [3.8, 4) is 11.8 Å². The van der Waals surface area contributed by atoms with Gasteiger partial charge in [0.25, 0.3) is 0 Å². The first-order valence-electron chi connectivity index (χ1n) is 5.85. The topological polar surface area (TPSA) is 56.0 Å². The van der Waals surface area contributed by atoms with Gasteiger partial charge in [-0.25, -0.2) is 0 Å². The van der Waals surface area contributed by atoms with Crippen molar-refractivity contribution in [2.24, 2.45) is 0 Å². The number of nitrogens with zero attached hydrogens (tertiary/aromatic N) is 1. The van der Waals surface area contributed by atoms with Crippen LogP contribution in [0.2, 0.25) is 5.02 Å². The van der Waals surface area contributed by atoms with E-state index >= 15 is 0 Å². The molecule has 0 heterocycles. The maximum Gasteiger partial charge on any atom is 0.115 e. The van der Waals surface area contributed by atoms with E-state index in [0.29, 0.717) is 16.3 Å². The zero-order valence-electron chi connectivity index (χ0n) is 10.4. The Balaban J connectivity index is 2.26. The second-order valence-electron chi connectivity index (χ2n) is 4.26. The van der Waals surface area contributed by atoms with E-state index in [1.54, 1.807) is 36.4 Å². The molecule has 2 rings (SSSR count). The summed E-state index contributed by atoms with van der Waals surface area (Å²) >= 11 is 5.94. The fourth-order valence-electron chi connectivity index (χ4n) is 1.84. The van der Waals surface area contributed by atoms with Crippen molar-refractivity contribution in [1.29, 1.82) is 5.26 Å². The molecule has 3 nitrogen and oxygen atoms in total. The Labute approximate surface area is 117 Å². The maximum atomic E-state index is 9.47. The maximum absolute atomic E-state index is 9.47. The Kier molecular flexibility index (Phi) is 3.94. The number of aromatic hydroxyl groups is 1. The monoisotopic (exact) mass is 272 g/mol. The molecule has 0 amide bonds. The average Bonchev–Trinajstić information content (AvgIpc) is 2.39. The molecule has 0 fully saturated rings. The van der Waals surface area contributed by atoms with Crippen LogP contribution in [0.5, 0.6) is 5.75 Å². The third kappa shape index (κ3) is 3.18. The minimum atomic E-state index is -0.0438. The van der Waals surface area contributed by atoms with Crippen LogP contribution in [0, 0.1) is 11.3 Å². The highest BCUT2D eigenvalue weighted by atomic mass is 35.5. The minimum Gasteiger partial charge on any atom is -0.508 e. The summed E-state index contributed by atoms with van der Waals surface area (Å²) < 4.78 is 0. The van der Waals surface area contributed by atoms with Crippen LogP contribution < -0.4 is 5.32 Å². The van der Waals surface area contributed by atoms with Crippen LogP contribution in [0.15, 0.2) is 42.5 Å². The molecule has 96 valence electrons. The molecule has 4 heteroatoms. The van der Waals surface area contributed by atoms with Crippen molar-refractivity contribution in [2.45, 2.75) is 13.0 Å².